The monoisotopic (exact) mass is 425 g/mol. The highest BCUT2D eigenvalue weighted by Crippen LogP contribution is 2.31. The van der Waals surface area contributed by atoms with E-state index in [1.54, 1.807) is 12.1 Å². The zero-order chi connectivity index (χ0) is 20.7. The van der Waals surface area contributed by atoms with E-state index in [0.717, 1.165) is 24.6 Å². The van der Waals surface area contributed by atoms with Crippen molar-refractivity contribution in [2.75, 3.05) is 19.7 Å². The van der Waals surface area contributed by atoms with Crippen molar-refractivity contribution in [2.24, 2.45) is 12.0 Å². The van der Waals surface area contributed by atoms with Gasteiger partial charge in [-0.25, -0.2) is 4.99 Å². The fourth-order valence-corrected chi connectivity index (χ4v) is 3.28. The van der Waals surface area contributed by atoms with E-state index >= 15 is 0 Å². The highest BCUT2D eigenvalue weighted by molar-refractivity contribution is 6.42. The van der Waals surface area contributed by atoms with Gasteiger partial charge in [0.2, 0.25) is 0 Å². The van der Waals surface area contributed by atoms with Gasteiger partial charge in [-0.05, 0) is 51.8 Å². The quantitative estimate of drug-likeness (QED) is 0.382. The molecule has 8 heteroatoms. The van der Waals surface area contributed by atoms with Gasteiger partial charge in [0.25, 0.3) is 0 Å². The summed E-state index contributed by atoms with van der Waals surface area (Å²) >= 11 is 12.1. The molecule has 1 aromatic carbocycles. The van der Waals surface area contributed by atoms with E-state index < -0.39 is 0 Å². The Morgan fingerprint density at radius 1 is 1.32 bits per heavy atom. The van der Waals surface area contributed by atoms with Crippen LogP contribution in [-0.2, 0) is 13.5 Å². The number of nitrogens with one attached hydrogen (secondary N) is 2. The van der Waals surface area contributed by atoms with Crippen molar-refractivity contribution >= 4 is 29.2 Å². The molecule has 0 aliphatic rings. The zero-order valence-electron chi connectivity index (χ0n) is 17.1. The smallest absolute Gasteiger partial charge is 0.191 e. The number of hydrogen-bond donors (Lipinski definition) is 2. The Balaban J connectivity index is 1.91. The molecule has 1 heterocycles. The van der Waals surface area contributed by atoms with Gasteiger partial charge in [0.05, 0.1) is 17.3 Å². The number of nitrogens with zero attached hydrogens (tertiary/aromatic N) is 3. The third kappa shape index (κ3) is 6.04. The van der Waals surface area contributed by atoms with Gasteiger partial charge in [0.1, 0.15) is 17.4 Å². The molecule has 0 aliphatic heterocycles. The summed E-state index contributed by atoms with van der Waals surface area (Å²) in [6.45, 7) is 10.0. The molecule has 2 rings (SSSR count). The second kappa shape index (κ2) is 10.6. The first-order valence-corrected chi connectivity index (χ1v) is 10.2. The third-order valence-electron chi connectivity index (χ3n) is 4.43. The minimum Gasteiger partial charge on any atom is -0.490 e. The Bertz CT molecular complexity index is 819. The van der Waals surface area contributed by atoms with Crippen molar-refractivity contribution in [3.8, 4) is 5.75 Å². The van der Waals surface area contributed by atoms with Crippen LogP contribution in [0.1, 0.15) is 30.8 Å². The Hall–Kier alpha value is -1.92. The number of aliphatic imine (C=N–C) groups is 1. The fraction of sp³-hybridized carbons (Fsp3) is 0.500. The predicted molar refractivity (Wildman–Crippen MR) is 117 cm³/mol. The van der Waals surface area contributed by atoms with Crippen LogP contribution in [0, 0.1) is 13.8 Å². The number of ether oxygens (including phenoxy) is 1. The molecule has 1 atom stereocenters. The number of halogens is 2. The molecule has 1 aromatic heterocycles. The first-order chi connectivity index (χ1) is 13.3. The summed E-state index contributed by atoms with van der Waals surface area (Å²) in [5, 5.41) is 12.1. The molecule has 0 saturated heterocycles. The maximum atomic E-state index is 6.13. The highest BCUT2D eigenvalue weighted by Gasteiger charge is 2.14. The van der Waals surface area contributed by atoms with Gasteiger partial charge in [-0.1, -0.05) is 29.3 Å². The number of aromatic nitrogens is 2. The third-order valence-corrected chi connectivity index (χ3v) is 5.23. The normalized spacial score (nSPS) is 12.8. The van der Waals surface area contributed by atoms with E-state index in [4.69, 9.17) is 27.9 Å². The maximum absolute atomic E-state index is 6.13. The molecule has 154 valence electrons. The SMILES string of the molecule is CCNC(=NCCOc1cccc(Cl)c1Cl)NC(C)Cc1c(C)nn(C)c1C. The lowest BCUT2D eigenvalue weighted by Crippen LogP contribution is -2.43. The lowest BCUT2D eigenvalue weighted by molar-refractivity contribution is 0.328. The standard InChI is InChI=1S/C20H29Cl2N5O/c1-6-23-20(24-10-11-28-18-9-7-8-17(21)19(18)22)25-13(2)12-16-14(3)26-27(5)15(16)4/h7-9,13H,6,10-12H2,1-5H3,(H2,23,24,25). The summed E-state index contributed by atoms with van der Waals surface area (Å²) in [5.74, 6) is 1.33. The minimum absolute atomic E-state index is 0.211. The van der Waals surface area contributed by atoms with Gasteiger partial charge in [-0.2, -0.15) is 5.10 Å². The first kappa shape index (κ1) is 22.4. The summed E-state index contributed by atoms with van der Waals surface area (Å²) in [5.41, 5.74) is 3.54. The van der Waals surface area contributed by atoms with E-state index in [2.05, 4.69) is 34.6 Å². The van der Waals surface area contributed by atoms with Crippen LogP contribution >= 0.6 is 23.2 Å². The summed E-state index contributed by atoms with van der Waals surface area (Å²) in [6.07, 6.45) is 0.880. The summed E-state index contributed by atoms with van der Waals surface area (Å²) in [6, 6.07) is 5.54. The lowest BCUT2D eigenvalue weighted by Gasteiger charge is -2.18. The van der Waals surface area contributed by atoms with E-state index in [9.17, 15) is 0 Å². The molecule has 2 aromatic rings. The molecule has 0 spiro atoms. The van der Waals surface area contributed by atoms with Gasteiger partial charge in [-0.3, -0.25) is 4.68 Å². The van der Waals surface area contributed by atoms with Crippen LogP contribution in [-0.4, -0.2) is 41.5 Å². The molecular weight excluding hydrogens is 397 g/mol. The van der Waals surface area contributed by atoms with E-state index in [-0.39, 0.29) is 6.04 Å². The topological polar surface area (TPSA) is 63.5 Å². The molecule has 0 radical (unpaired) electrons. The van der Waals surface area contributed by atoms with E-state index in [1.165, 1.54) is 11.3 Å². The number of guanidine groups is 1. The summed E-state index contributed by atoms with van der Waals surface area (Å²) in [7, 11) is 1.97. The van der Waals surface area contributed by atoms with Crippen molar-refractivity contribution in [1.29, 1.82) is 0 Å². The van der Waals surface area contributed by atoms with Crippen LogP contribution in [0.3, 0.4) is 0 Å². The van der Waals surface area contributed by atoms with Crippen molar-refractivity contribution in [2.45, 2.75) is 40.2 Å². The van der Waals surface area contributed by atoms with E-state index in [0.29, 0.717) is 28.9 Å². The van der Waals surface area contributed by atoms with Gasteiger partial charge in [0, 0.05) is 25.3 Å². The van der Waals surface area contributed by atoms with Crippen LogP contribution < -0.4 is 15.4 Å². The van der Waals surface area contributed by atoms with Gasteiger partial charge in [0.15, 0.2) is 5.96 Å². The summed E-state index contributed by atoms with van der Waals surface area (Å²) < 4.78 is 7.62. The van der Waals surface area contributed by atoms with E-state index in [1.807, 2.05) is 31.6 Å². The molecular formula is C20H29Cl2N5O. The maximum Gasteiger partial charge on any atom is 0.191 e. The number of aryl methyl sites for hydroxylation is 2. The van der Waals surface area contributed by atoms with Crippen LogP contribution in [0.15, 0.2) is 23.2 Å². The first-order valence-electron chi connectivity index (χ1n) is 9.44. The number of rotatable bonds is 8. The van der Waals surface area contributed by atoms with Gasteiger partial charge >= 0.3 is 0 Å². The van der Waals surface area contributed by atoms with Crippen LogP contribution in [0.4, 0.5) is 0 Å². The molecule has 28 heavy (non-hydrogen) atoms. The second-order valence-electron chi connectivity index (χ2n) is 6.68. The van der Waals surface area contributed by atoms with Crippen molar-refractivity contribution in [3.63, 3.8) is 0 Å². The molecule has 2 N–H and O–H groups in total. The molecule has 0 aliphatic carbocycles. The average molecular weight is 426 g/mol. The molecule has 6 nitrogen and oxygen atoms in total. The second-order valence-corrected chi connectivity index (χ2v) is 7.47. The van der Waals surface area contributed by atoms with Crippen LogP contribution in [0.2, 0.25) is 10.0 Å². The predicted octanol–water partition coefficient (Wildman–Crippen LogP) is 3.91. The highest BCUT2D eigenvalue weighted by atomic mass is 35.5. The molecule has 0 fully saturated rings. The Morgan fingerprint density at radius 3 is 2.71 bits per heavy atom. The van der Waals surface area contributed by atoms with Gasteiger partial charge < -0.3 is 15.4 Å². The lowest BCUT2D eigenvalue weighted by atomic mass is 10.1. The zero-order valence-corrected chi connectivity index (χ0v) is 18.7. The van der Waals surface area contributed by atoms with Crippen molar-refractivity contribution in [3.05, 3.63) is 45.2 Å². The Labute approximate surface area is 177 Å². The fourth-order valence-electron chi connectivity index (χ4n) is 2.93. The average Bonchev–Trinajstić information content (AvgIpc) is 2.88. The number of benzene rings is 1. The molecule has 0 saturated carbocycles. The summed E-state index contributed by atoms with van der Waals surface area (Å²) in [4.78, 5) is 4.58. The Morgan fingerprint density at radius 2 is 2.07 bits per heavy atom. The van der Waals surface area contributed by atoms with Crippen molar-refractivity contribution in [1.82, 2.24) is 20.4 Å². The van der Waals surface area contributed by atoms with Crippen LogP contribution in [0.5, 0.6) is 5.75 Å². The van der Waals surface area contributed by atoms with Gasteiger partial charge in [-0.15, -0.1) is 0 Å². The Kier molecular flexibility index (Phi) is 8.45. The van der Waals surface area contributed by atoms with Crippen LogP contribution in [0.25, 0.3) is 0 Å². The minimum atomic E-state index is 0.211. The molecule has 1 unspecified atom stereocenters. The molecule has 0 bridgehead atoms. The number of hydrogen-bond acceptors (Lipinski definition) is 3. The van der Waals surface area contributed by atoms with Crippen molar-refractivity contribution < 1.29 is 4.74 Å². The largest absolute Gasteiger partial charge is 0.490 e. The molecule has 0 amide bonds.